The molecule has 0 spiro atoms. The molecule has 1 fully saturated rings. The molecule has 0 radical (unpaired) electrons. The smallest absolute Gasteiger partial charge is 0.344 e. The van der Waals surface area contributed by atoms with Gasteiger partial charge in [0.15, 0.2) is 6.61 Å². The molecular formula is C21H34O6. The fraction of sp³-hybridized carbons (Fsp3) is 0.762. The lowest BCUT2D eigenvalue weighted by Gasteiger charge is -2.37. The molecule has 1 heterocycles. The quantitative estimate of drug-likeness (QED) is 0.395. The van der Waals surface area contributed by atoms with E-state index in [1.165, 1.54) is 0 Å². The first kappa shape index (κ1) is 23.2. The van der Waals surface area contributed by atoms with Gasteiger partial charge in [0.25, 0.3) is 0 Å². The van der Waals surface area contributed by atoms with Crippen molar-refractivity contribution in [1.29, 1.82) is 0 Å². The van der Waals surface area contributed by atoms with Gasteiger partial charge in [0.2, 0.25) is 0 Å². The van der Waals surface area contributed by atoms with Crippen LogP contribution in [0.1, 0.15) is 67.7 Å². The molecule has 0 aliphatic carbocycles. The van der Waals surface area contributed by atoms with Gasteiger partial charge in [-0.2, -0.15) is 0 Å². The predicted octanol–water partition coefficient (Wildman–Crippen LogP) is 3.82. The number of carbonyl (C=O) groups is 3. The Bertz CT molecular complexity index is 582. The number of rotatable bonds is 6. The van der Waals surface area contributed by atoms with Crippen LogP contribution in [-0.4, -0.2) is 37.2 Å². The summed E-state index contributed by atoms with van der Waals surface area (Å²) in [7, 11) is 0. The average Bonchev–Trinajstić information content (AvgIpc) is 2.69. The molecule has 6 heteroatoms. The highest BCUT2D eigenvalue weighted by Crippen LogP contribution is 2.41. The maximum Gasteiger partial charge on any atom is 0.344 e. The molecule has 3 atom stereocenters. The summed E-state index contributed by atoms with van der Waals surface area (Å²) in [6.45, 7) is 13.0. The fourth-order valence-electron chi connectivity index (χ4n) is 2.95. The number of hydrogen-bond acceptors (Lipinski definition) is 6. The molecule has 0 saturated carbocycles. The predicted molar refractivity (Wildman–Crippen MR) is 102 cm³/mol. The Balaban J connectivity index is 2.61. The maximum absolute atomic E-state index is 12.7. The van der Waals surface area contributed by atoms with Crippen LogP contribution in [0.5, 0.6) is 0 Å². The van der Waals surface area contributed by atoms with Crippen LogP contribution in [-0.2, 0) is 28.6 Å². The molecular weight excluding hydrogens is 348 g/mol. The molecule has 1 saturated heterocycles. The molecule has 0 amide bonds. The minimum atomic E-state index is -0.864. The van der Waals surface area contributed by atoms with Crippen molar-refractivity contribution in [1.82, 2.24) is 0 Å². The Labute approximate surface area is 162 Å². The Morgan fingerprint density at radius 2 is 1.81 bits per heavy atom. The fourth-order valence-corrected chi connectivity index (χ4v) is 2.95. The van der Waals surface area contributed by atoms with Crippen LogP contribution in [0.15, 0.2) is 11.6 Å². The molecule has 0 aromatic rings. The number of cyclic esters (lactones) is 1. The minimum absolute atomic E-state index is 0.0200. The topological polar surface area (TPSA) is 78.9 Å². The van der Waals surface area contributed by atoms with Crippen molar-refractivity contribution in [3.05, 3.63) is 11.6 Å². The molecule has 27 heavy (non-hydrogen) atoms. The van der Waals surface area contributed by atoms with E-state index in [1.807, 2.05) is 47.6 Å². The van der Waals surface area contributed by atoms with E-state index < -0.39 is 30.1 Å². The first-order chi connectivity index (χ1) is 12.4. The summed E-state index contributed by atoms with van der Waals surface area (Å²) >= 11 is 0. The number of carbonyl (C=O) groups excluding carboxylic acids is 3. The third kappa shape index (κ3) is 6.67. The third-order valence-electron chi connectivity index (χ3n) is 5.25. The van der Waals surface area contributed by atoms with Crippen LogP contribution >= 0.6 is 0 Å². The molecule has 0 bridgehead atoms. The van der Waals surface area contributed by atoms with Gasteiger partial charge in [0.05, 0.1) is 5.41 Å². The normalized spacial score (nSPS) is 22.7. The summed E-state index contributed by atoms with van der Waals surface area (Å²) in [5, 5.41) is 0. The van der Waals surface area contributed by atoms with Gasteiger partial charge in [0, 0.05) is 6.42 Å². The molecule has 6 nitrogen and oxygen atoms in total. The van der Waals surface area contributed by atoms with E-state index in [1.54, 1.807) is 6.92 Å². The van der Waals surface area contributed by atoms with Crippen molar-refractivity contribution < 1.29 is 28.6 Å². The second-order valence-corrected chi connectivity index (χ2v) is 8.83. The lowest BCUT2D eigenvalue weighted by Crippen LogP contribution is -2.41. The second-order valence-electron chi connectivity index (χ2n) is 8.83. The van der Waals surface area contributed by atoms with Gasteiger partial charge in [-0.05, 0) is 44.9 Å². The van der Waals surface area contributed by atoms with E-state index in [9.17, 15) is 14.4 Å². The number of hydrogen-bond donors (Lipinski definition) is 0. The molecule has 0 aromatic heterocycles. The maximum atomic E-state index is 12.7. The van der Waals surface area contributed by atoms with Gasteiger partial charge in [-0.1, -0.05) is 39.3 Å². The SMILES string of the molecule is CC(C)=CC(C)(C(=O)OCC(=O)OCC1OC(=O)CCCC1C)C(C)(C)C. The standard InChI is InChI=1S/C21H34O6/c1-14(2)11-21(7,20(4,5)6)19(24)26-13-18(23)25-12-16-15(3)9-8-10-17(22)27-16/h11,15-16H,8-10,12-13H2,1-7H3. The van der Waals surface area contributed by atoms with Crippen LogP contribution in [0.2, 0.25) is 0 Å². The first-order valence-electron chi connectivity index (χ1n) is 9.55. The molecule has 3 unspecified atom stereocenters. The van der Waals surface area contributed by atoms with Crippen LogP contribution in [0.3, 0.4) is 0 Å². The largest absolute Gasteiger partial charge is 0.459 e. The summed E-state index contributed by atoms with van der Waals surface area (Å²) in [5.74, 6) is -1.27. The van der Waals surface area contributed by atoms with Crippen molar-refractivity contribution in [3.63, 3.8) is 0 Å². The summed E-state index contributed by atoms with van der Waals surface area (Å²) in [6, 6.07) is 0. The van der Waals surface area contributed by atoms with Gasteiger partial charge in [-0.15, -0.1) is 0 Å². The van der Waals surface area contributed by atoms with E-state index in [4.69, 9.17) is 14.2 Å². The van der Waals surface area contributed by atoms with Crippen LogP contribution in [0.4, 0.5) is 0 Å². The van der Waals surface area contributed by atoms with E-state index in [2.05, 4.69) is 0 Å². The lowest BCUT2D eigenvalue weighted by atomic mass is 9.67. The van der Waals surface area contributed by atoms with E-state index >= 15 is 0 Å². The van der Waals surface area contributed by atoms with Crippen LogP contribution in [0.25, 0.3) is 0 Å². The zero-order chi connectivity index (χ0) is 20.8. The van der Waals surface area contributed by atoms with E-state index in [-0.39, 0.29) is 23.9 Å². The van der Waals surface area contributed by atoms with Crippen LogP contribution in [0, 0.1) is 16.7 Å². The monoisotopic (exact) mass is 382 g/mol. The molecule has 1 aliphatic heterocycles. The van der Waals surface area contributed by atoms with Gasteiger partial charge >= 0.3 is 17.9 Å². The van der Waals surface area contributed by atoms with E-state index in [0.717, 1.165) is 18.4 Å². The van der Waals surface area contributed by atoms with Gasteiger partial charge in [-0.3, -0.25) is 9.59 Å². The molecule has 0 aromatic carbocycles. The van der Waals surface area contributed by atoms with Gasteiger partial charge in [-0.25, -0.2) is 4.79 Å². The van der Waals surface area contributed by atoms with Gasteiger partial charge < -0.3 is 14.2 Å². The van der Waals surface area contributed by atoms with Gasteiger partial charge in [0.1, 0.15) is 12.7 Å². The highest BCUT2D eigenvalue weighted by Gasteiger charge is 2.44. The summed E-state index contributed by atoms with van der Waals surface area (Å²) < 4.78 is 15.7. The molecule has 154 valence electrons. The average molecular weight is 382 g/mol. The van der Waals surface area contributed by atoms with Crippen molar-refractivity contribution in [2.45, 2.75) is 73.8 Å². The Hall–Kier alpha value is -1.85. The molecule has 1 aliphatic rings. The molecule has 0 N–H and O–H groups in total. The highest BCUT2D eigenvalue weighted by molar-refractivity contribution is 5.82. The van der Waals surface area contributed by atoms with Crippen molar-refractivity contribution in [3.8, 4) is 0 Å². The van der Waals surface area contributed by atoms with Crippen molar-refractivity contribution >= 4 is 17.9 Å². The Kier molecular flexibility index (Phi) is 8.05. The zero-order valence-corrected chi connectivity index (χ0v) is 17.7. The summed E-state index contributed by atoms with van der Waals surface area (Å²) in [6.07, 6.45) is 3.42. The lowest BCUT2D eigenvalue weighted by molar-refractivity contribution is -0.170. The van der Waals surface area contributed by atoms with Crippen LogP contribution < -0.4 is 0 Å². The second kappa shape index (κ2) is 9.38. The third-order valence-corrected chi connectivity index (χ3v) is 5.25. The summed E-state index contributed by atoms with van der Waals surface area (Å²) in [5.41, 5.74) is -0.247. The first-order valence-corrected chi connectivity index (χ1v) is 9.55. The number of esters is 3. The highest BCUT2D eigenvalue weighted by atomic mass is 16.6. The summed E-state index contributed by atoms with van der Waals surface area (Å²) in [4.78, 5) is 36.2. The van der Waals surface area contributed by atoms with Crippen molar-refractivity contribution in [2.75, 3.05) is 13.2 Å². The Morgan fingerprint density at radius 1 is 1.19 bits per heavy atom. The zero-order valence-electron chi connectivity index (χ0n) is 17.7. The minimum Gasteiger partial charge on any atom is -0.459 e. The van der Waals surface area contributed by atoms with Crippen molar-refractivity contribution in [2.24, 2.45) is 16.7 Å². The molecule has 1 rings (SSSR count). The number of ether oxygens (including phenoxy) is 3. The Morgan fingerprint density at radius 3 is 2.37 bits per heavy atom. The number of allylic oxidation sites excluding steroid dienone is 1. The van der Waals surface area contributed by atoms with E-state index in [0.29, 0.717) is 6.42 Å².